The van der Waals surface area contributed by atoms with E-state index in [1.54, 1.807) is 12.1 Å². The van der Waals surface area contributed by atoms with E-state index in [1.807, 2.05) is 35.7 Å². The van der Waals surface area contributed by atoms with Gasteiger partial charge in [-0.2, -0.15) is 4.31 Å². The Kier molecular flexibility index (Phi) is 6.07. The van der Waals surface area contributed by atoms with Crippen LogP contribution in [0.15, 0.2) is 77.0 Å². The normalized spacial score (nSPS) is 16.6. The first-order valence-electron chi connectivity index (χ1n) is 10.9. The van der Waals surface area contributed by atoms with E-state index in [0.29, 0.717) is 30.3 Å². The van der Waals surface area contributed by atoms with Crippen molar-refractivity contribution >= 4 is 43.2 Å². The largest absolute Gasteiger partial charge is 0.497 e. The van der Waals surface area contributed by atoms with E-state index in [0.717, 1.165) is 22.0 Å². The molecule has 1 N–H and O–H groups in total. The SMILES string of the molecule is COc1ccc(S(=O)(=O)N2CCCC2C(=O)Nc2nc(-c3ccc4ccccc4c3)cs2)cc1. The maximum absolute atomic E-state index is 13.2. The van der Waals surface area contributed by atoms with Crippen molar-refractivity contribution in [3.8, 4) is 17.0 Å². The lowest BCUT2D eigenvalue weighted by atomic mass is 10.1. The first-order chi connectivity index (χ1) is 16.5. The number of amides is 1. The zero-order valence-corrected chi connectivity index (χ0v) is 20.1. The molecule has 0 bridgehead atoms. The molecular formula is C25H23N3O4S2. The highest BCUT2D eigenvalue weighted by Gasteiger charge is 2.39. The summed E-state index contributed by atoms with van der Waals surface area (Å²) < 4.78 is 32.8. The van der Waals surface area contributed by atoms with Gasteiger partial charge in [0.05, 0.1) is 17.7 Å². The molecule has 5 rings (SSSR count). The molecule has 7 nitrogen and oxygen atoms in total. The first-order valence-corrected chi connectivity index (χ1v) is 13.2. The summed E-state index contributed by atoms with van der Waals surface area (Å²) in [6.07, 6.45) is 1.08. The highest BCUT2D eigenvalue weighted by molar-refractivity contribution is 7.89. The first kappa shape index (κ1) is 22.5. The maximum atomic E-state index is 13.2. The van der Waals surface area contributed by atoms with Crippen LogP contribution in [0.4, 0.5) is 5.13 Å². The van der Waals surface area contributed by atoms with Gasteiger partial charge in [0.25, 0.3) is 0 Å². The summed E-state index contributed by atoms with van der Waals surface area (Å²) >= 11 is 1.32. The quantitative estimate of drug-likeness (QED) is 0.418. The van der Waals surface area contributed by atoms with Crippen molar-refractivity contribution in [3.05, 3.63) is 72.1 Å². The molecule has 1 unspecified atom stereocenters. The number of thiazole rings is 1. The Hall–Kier alpha value is -3.27. The topological polar surface area (TPSA) is 88.6 Å². The Morgan fingerprint density at radius 3 is 2.62 bits per heavy atom. The van der Waals surface area contributed by atoms with Gasteiger partial charge in [0.1, 0.15) is 11.8 Å². The smallest absolute Gasteiger partial charge is 0.244 e. The zero-order valence-electron chi connectivity index (χ0n) is 18.5. The predicted octanol–water partition coefficient (Wildman–Crippen LogP) is 4.76. The number of fused-ring (bicyclic) bond motifs is 1. The van der Waals surface area contributed by atoms with Crippen molar-refractivity contribution in [2.24, 2.45) is 0 Å². The summed E-state index contributed by atoms with van der Waals surface area (Å²) in [5, 5.41) is 7.42. The highest BCUT2D eigenvalue weighted by Crippen LogP contribution is 2.30. The fourth-order valence-corrected chi connectivity index (χ4v) is 6.55. The molecule has 1 aromatic heterocycles. The van der Waals surface area contributed by atoms with Gasteiger partial charge in [-0.1, -0.05) is 36.4 Å². The number of sulfonamides is 1. The van der Waals surface area contributed by atoms with E-state index in [-0.39, 0.29) is 10.8 Å². The third-order valence-electron chi connectivity index (χ3n) is 5.95. The van der Waals surface area contributed by atoms with Crippen LogP contribution in [-0.2, 0) is 14.8 Å². The van der Waals surface area contributed by atoms with E-state index >= 15 is 0 Å². The van der Waals surface area contributed by atoms with E-state index in [4.69, 9.17) is 4.74 Å². The fraction of sp³-hybridized carbons (Fsp3) is 0.200. The van der Waals surface area contributed by atoms with Crippen LogP contribution in [0.2, 0.25) is 0 Å². The third kappa shape index (κ3) is 4.29. The van der Waals surface area contributed by atoms with Crippen LogP contribution >= 0.6 is 11.3 Å². The number of anilines is 1. The minimum absolute atomic E-state index is 0.140. The lowest BCUT2D eigenvalue weighted by molar-refractivity contribution is -0.119. The Balaban J connectivity index is 1.33. The number of carbonyl (C=O) groups excluding carboxylic acids is 1. The van der Waals surface area contributed by atoms with E-state index < -0.39 is 16.1 Å². The number of methoxy groups -OCH3 is 1. The average Bonchev–Trinajstić information content (AvgIpc) is 3.54. The summed E-state index contributed by atoms with van der Waals surface area (Å²) in [6, 6.07) is 19.6. The molecule has 1 fully saturated rings. The van der Waals surface area contributed by atoms with Crippen LogP contribution in [0.25, 0.3) is 22.0 Å². The van der Waals surface area contributed by atoms with Gasteiger partial charge in [0, 0.05) is 17.5 Å². The van der Waals surface area contributed by atoms with Crippen LogP contribution in [-0.4, -0.2) is 43.3 Å². The molecule has 0 spiro atoms. The van der Waals surface area contributed by atoms with Crippen molar-refractivity contribution in [2.45, 2.75) is 23.8 Å². The lowest BCUT2D eigenvalue weighted by Crippen LogP contribution is -2.43. The van der Waals surface area contributed by atoms with Crippen molar-refractivity contribution in [3.63, 3.8) is 0 Å². The molecule has 2 heterocycles. The average molecular weight is 494 g/mol. The number of benzene rings is 3. The van der Waals surface area contributed by atoms with Gasteiger partial charge in [-0.15, -0.1) is 11.3 Å². The fourth-order valence-electron chi connectivity index (χ4n) is 4.17. The van der Waals surface area contributed by atoms with Crippen LogP contribution in [0, 0.1) is 0 Å². The summed E-state index contributed by atoms with van der Waals surface area (Å²) in [5.74, 6) is 0.203. The molecule has 0 saturated carbocycles. The standard InChI is InChI=1S/C25H23N3O4S2/c1-32-20-10-12-21(13-11-20)34(30,31)28-14-4-7-23(28)24(29)27-25-26-22(16-33-25)19-9-8-17-5-2-3-6-18(17)15-19/h2-3,5-6,8-13,15-16,23H,4,7,14H2,1H3,(H,26,27,29). The summed E-state index contributed by atoms with van der Waals surface area (Å²) in [4.78, 5) is 17.8. The molecule has 3 aromatic carbocycles. The molecule has 1 saturated heterocycles. The molecule has 9 heteroatoms. The van der Waals surface area contributed by atoms with Gasteiger partial charge in [0.2, 0.25) is 15.9 Å². The van der Waals surface area contributed by atoms with Crippen molar-refractivity contribution in [1.82, 2.24) is 9.29 Å². The number of aromatic nitrogens is 1. The number of hydrogen-bond donors (Lipinski definition) is 1. The monoisotopic (exact) mass is 493 g/mol. The molecule has 34 heavy (non-hydrogen) atoms. The Morgan fingerprint density at radius 2 is 1.85 bits per heavy atom. The van der Waals surface area contributed by atoms with E-state index in [9.17, 15) is 13.2 Å². The summed E-state index contributed by atoms with van der Waals surface area (Å²) in [6.45, 7) is 0.298. The van der Waals surface area contributed by atoms with Gasteiger partial charge < -0.3 is 10.1 Å². The molecule has 4 aromatic rings. The van der Waals surface area contributed by atoms with Gasteiger partial charge in [-0.05, 0) is 53.9 Å². The molecule has 174 valence electrons. The minimum Gasteiger partial charge on any atom is -0.497 e. The van der Waals surface area contributed by atoms with Crippen LogP contribution in [0.3, 0.4) is 0 Å². The molecule has 0 aliphatic carbocycles. The molecule has 1 aliphatic rings. The second-order valence-corrected chi connectivity index (χ2v) is 10.8. The predicted molar refractivity (Wildman–Crippen MR) is 134 cm³/mol. The summed E-state index contributed by atoms with van der Waals surface area (Å²) in [7, 11) is -2.29. The number of carbonyl (C=O) groups is 1. The van der Waals surface area contributed by atoms with Crippen molar-refractivity contribution in [1.29, 1.82) is 0 Å². The Labute approximate surface area is 202 Å². The molecule has 1 atom stereocenters. The van der Waals surface area contributed by atoms with Gasteiger partial charge in [-0.25, -0.2) is 13.4 Å². The van der Waals surface area contributed by atoms with Gasteiger partial charge in [0.15, 0.2) is 5.13 Å². The second kappa shape index (κ2) is 9.17. The van der Waals surface area contributed by atoms with Crippen LogP contribution in [0.5, 0.6) is 5.75 Å². The number of nitrogens with one attached hydrogen (secondary N) is 1. The lowest BCUT2D eigenvalue weighted by Gasteiger charge is -2.23. The Bertz CT molecular complexity index is 1450. The summed E-state index contributed by atoms with van der Waals surface area (Å²) in [5.41, 5.74) is 1.72. The number of rotatable bonds is 6. The Morgan fingerprint density at radius 1 is 1.09 bits per heavy atom. The number of ether oxygens (including phenoxy) is 1. The van der Waals surface area contributed by atoms with E-state index in [2.05, 4.69) is 22.4 Å². The molecular weight excluding hydrogens is 470 g/mol. The van der Waals surface area contributed by atoms with Gasteiger partial charge >= 0.3 is 0 Å². The zero-order chi connectivity index (χ0) is 23.7. The van der Waals surface area contributed by atoms with E-state index in [1.165, 1.54) is 34.9 Å². The molecule has 0 radical (unpaired) electrons. The molecule has 1 amide bonds. The molecule has 1 aliphatic heterocycles. The number of hydrogen-bond acceptors (Lipinski definition) is 6. The number of nitrogens with zero attached hydrogens (tertiary/aromatic N) is 2. The van der Waals surface area contributed by atoms with Crippen molar-refractivity contribution in [2.75, 3.05) is 19.0 Å². The van der Waals surface area contributed by atoms with Crippen LogP contribution < -0.4 is 10.1 Å². The van der Waals surface area contributed by atoms with Gasteiger partial charge in [-0.3, -0.25) is 4.79 Å². The second-order valence-electron chi connectivity index (χ2n) is 8.04. The maximum Gasteiger partial charge on any atom is 0.244 e. The third-order valence-corrected chi connectivity index (χ3v) is 8.63. The highest BCUT2D eigenvalue weighted by atomic mass is 32.2. The van der Waals surface area contributed by atoms with Crippen molar-refractivity contribution < 1.29 is 17.9 Å². The van der Waals surface area contributed by atoms with Crippen LogP contribution in [0.1, 0.15) is 12.8 Å². The minimum atomic E-state index is -3.81.